The number of likely N-dealkylation sites (tertiary alicyclic amines) is 1. The van der Waals surface area contributed by atoms with Gasteiger partial charge < -0.3 is 10.2 Å². The van der Waals surface area contributed by atoms with Crippen molar-refractivity contribution in [1.82, 2.24) is 9.88 Å². The van der Waals surface area contributed by atoms with Crippen LogP contribution in [-0.4, -0.2) is 29.4 Å². The molecule has 0 radical (unpaired) electrons. The monoisotopic (exact) mass is 211 g/mol. The molecule has 0 spiro atoms. The van der Waals surface area contributed by atoms with Gasteiger partial charge in [0.25, 0.3) is 0 Å². The number of nitrogens with zero attached hydrogens (tertiary/aromatic N) is 2. The third-order valence-electron chi connectivity index (χ3n) is 2.29. The van der Waals surface area contributed by atoms with Crippen LogP contribution in [0.15, 0.2) is 5.38 Å². The molecule has 14 heavy (non-hydrogen) atoms. The van der Waals surface area contributed by atoms with Gasteiger partial charge in [0.15, 0.2) is 5.13 Å². The Morgan fingerprint density at radius 2 is 2.57 bits per heavy atom. The van der Waals surface area contributed by atoms with Gasteiger partial charge in [-0.3, -0.25) is 4.79 Å². The molecule has 1 amide bonds. The van der Waals surface area contributed by atoms with Crippen LogP contribution < -0.4 is 5.32 Å². The van der Waals surface area contributed by atoms with Crippen LogP contribution in [-0.2, 0) is 11.3 Å². The van der Waals surface area contributed by atoms with Gasteiger partial charge in [0, 0.05) is 25.4 Å². The lowest BCUT2D eigenvalue weighted by atomic mass is 10.4. The first-order chi connectivity index (χ1) is 6.79. The van der Waals surface area contributed by atoms with E-state index in [1.807, 2.05) is 17.3 Å². The van der Waals surface area contributed by atoms with Crippen molar-refractivity contribution in [2.45, 2.75) is 19.4 Å². The molecule has 0 atom stereocenters. The van der Waals surface area contributed by atoms with E-state index >= 15 is 0 Å². The first-order valence-electron chi connectivity index (χ1n) is 4.69. The summed E-state index contributed by atoms with van der Waals surface area (Å²) in [6.45, 7) is 1.54. The van der Waals surface area contributed by atoms with E-state index in [1.54, 1.807) is 11.3 Å². The molecule has 1 saturated heterocycles. The Hall–Kier alpha value is -1.10. The summed E-state index contributed by atoms with van der Waals surface area (Å²) in [5.41, 5.74) is 0.981. The van der Waals surface area contributed by atoms with E-state index in [0.717, 1.165) is 23.8 Å². The number of carbonyl (C=O) groups is 1. The standard InChI is InChI=1S/C9H13N3OS/c1-10-9-11-7(6-14-9)5-12-4-2-3-8(12)13/h6H,2-5H2,1H3,(H,10,11). The minimum Gasteiger partial charge on any atom is -0.365 e. The Balaban J connectivity index is 1.99. The van der Waals surface area contributed by atoms with Gasteiger partial charge in [-0.2, -0.15) is 0 Å². The van der Waals surface area contributed by atoms with Crippen molar-refractivity contribution in [1.29, 1.82) is 0 Å². The Bertz CT molecular complexity index is 337. The van der Waals surface area contributed by atoms with Gasteiger partial charge in [0.2, 0.25) is 5.91 Å². The second kappa shape index (κ2) is 3.96. The fourth-order valence-electron chi connectivity index (χ4n) is 1.56. The van der Waals surface area contributed by atoms with E-state index in [9.17, 15) is 4.79 Å². The molecule has 0 saturated carbocycles. The molecule has 1 N–H and O–H groups in total. The van der Waals surface area contributed by atoms with E-state index in [4.69, 9.17) is 0 Å². The van der Waals surface area contributed by atoms with Crippen LogP contribution in [0.25, 0.3) is 0 Å². The smallest absolute Gasteiger partial charge is 0.222 e. The lowest BCUT2D eigenvalue weighted by molar-refractivity contribution is -0.128. The van der Waals surface area contributed by atoms with Crippen LogP contribution in [0.5, 0.6) is 0 Å². The highest BCUT2D eigenvalue weighted by Gasteiger charge is 2.20. The number of aromatic nitrogens is 1. The van der Waals surface area contributed by atoms with Crippen molar-refractivity contribution >= 4 is 22.4 Å². The van der Waals surface area contributed by atoms with Gasteiger partial charge in [-0.15, -0.1) is 11.3 Å². The fraction of sp³-hybridized carbons (Fsp3) is 0.556. The maximum Gasteiger partial charge on any atom is 0.222 e. The van der Waals surface area contributed by atoms with Gasteiger partial charge in [0.05, 0.1) is 12.2 Å². The normalized spacial score (nSPS) is 16.4. The quantitative estimate of drug-likeness (QED) is 0.820. The number of nitrogens with one attached hydrogen (secondary N) is 1. The largest absolute Gasteiger partial charge is 0.365 e. The topological polar surface area (TPSA) is 45.2 Å². The Labute approximate surface area is 86.9 Å². The van der Waals surface area contributed by atoms with Crippen molar-refractivity contribution < 1.29 is 4.79 Å². The minimum absolute atomic E-state index is 0.254. The van der Waals surface area contributed by atoms with Crippen LogP contribution in [0.2, 0.25) is 0 Å². The zero-order chi connectivity index (χ0) is 9.97. The SMILES string of the molecule is CNc1nc(CN2CCCC2=O)cs1. The average molecular weight is 211 g/mol. The molecule has 1 aromatic heterocycles. The molecule has 0 unspecified atom stereocenters. The van der Waals surface area contributed by atoms with Gasteiger partial charge in [-0.1, -0.05) is 0 Å². The summed E-state index contributed by atoms with van der Waals surface area (Å²) < 4.78 is 0. The van der Waals surface area contributed by atoms with E-state index in [0.29, 0.717) is 13.0 Å². The summed E-state index contributed by atoms with van der Waals surface area (Å²) in [5.74, 6) is 0.254. The summed E-state index contributed by atoms with van der Waals surface area (Å²) in [6.07, 6.45) is 1.69. The number of amides is 1. The molecule has 76 valence electrons. The van der Waals surface area contributed by atoms with Gasteiger partial charge >= 0.3 is 0 Å². The third kappa shape index (κ3) is 1.87. The molecule has 1 aliphatic heterocycles. The molecule has 2 rings (SSSR count). The number of rotatable bonds is 3. The highest BCUT2D eigenvalue weighted by atomic mass is 32.1. The zero-order valence-corrected chi connectivity index (χ0v) is 8.93. The summed E-state index contributed by atoms with van der Waals surface area (Å²) in [7, 11) is 1.85. The molecule has 5 heteroatoms. The van der Waals surface area contributed by atoms with Gasteiger partial charge in [0.1, 0.15) is 0 Å². The molecule has 1 aliphatic rings. The molecule has 4 nitrogen and oxygen atoms in total. The highest BCUT2D eigenvalue weighted by Crippen LogP contribution is 2.18. The van der Waals surface area contributed by atoms with Crippen molar-refractivity contribution in [2.24, 2.45) is 0 Å². The molecular weight excluding hydrogens is 198 g/mol. The number of hydrogen-bond donors (Lipinski definition) is 1. The van der Waals surface area contributed by atoms with Crippen molar-refractivity contribution in [3.8, 4) is 0 Å². The molecule has 1 aromatic rings. The highest BCUT2D eigenvalue weighted by molar-refractivity contribution is 7.13. The zero-order valence-electron chi connectivity index (χ0n) is 8.12. The molecule has 1 fully saturated rings. The van der Waals surface area contributed by atoms with Crippen LogP contribution in [0, 0.1) is 0 Å². The first-order valence-corrected chi connectivity index (χ1v) is 5.57. The van der Waals surface area contributed by atoms with E-state index in [-0.39, 0.29) is 5.91 Å². The van der Waals surface area contributed by atoms with Crippen LogP contribution >= 0.6 is 11.3 Å². The number of anilines is 1. The number of carbonyl (C=O) groups excluding carboxylic acids is 1. The second-order valence-electron chi connectivity index (χ2n) is 3.31. The van der Waals surface area contributed by atoms with Crippen LogP contribution in [0.1, 0.15) is 18.5 Å². The van der Waals surface area contributed by atoms with E-state index < -0.39 is 0 Å². The Morgan fingerprint density at radius 3 is 3.14 bits per heavy atom. The molecule has 0 bridgehead atoms. The summed E-state index contributed by atoms with van der Waals surface area (Å²) >= 11 is 1.57. The lowest BCUT2D eigenvalue weighted by Crippen LogP contribution is -2.23. The minimum atomic E-state index is 0.254. The summed E-state index contributed by atoms with van der Waals surface area (Å²) in [6, 6.07) is 0. The maximum absolute atomic E-state index is 11.3. The van der Waals surface area contributed by atoms with Gasteiger partial charge in [-0.05, 0) is 6.42 Å². The maximum atomic E-state index is 11.3. The van der Waals surface area contributed by atoms with E-state index in [2.05, 4.69) is 10.3 Å². The number of thiazole rings is 1. The van der Waals surface area contributed by atoms with Gasteiger partial charge in [-0.25, -0.2) is 4.98 Å². The van der Waals surface area contributed by atoms with Crippen molar-refractivity contribution in [3.05, 3.63) is 11.1 Å². The first kappa shape index (κ1) is 9.45. The Morgan fingerprint density at radius 1 is 1.71 bits per heavy atom. The summed E-state index contributed by atoms with van der Waals surface area (Å²) in [5, 5.41) is 5.89. The Kier molecular flexibility index (Phi) is 2.67. The predicted octanol–water partition coefficient (Wildman–Crippen LogP) is 1.31. The predicted molar refractivity (Wildman–Crippen MR) is 56.3 cm³/mol. The average Bonchev–Trinajstić information content (AvgIpc) is 2.77. The van der Waals surface area contributed by atoms with Crippen molar-refractivity contribution in [3.63, 3.8) is 0 Å². The van der Waals surface area contributed by atoms with Crippen LogP contribution in [0.3, 0.4) is 0 Å². The van der Waals surface area contributed by atoms with E-state index in [1.165, 1.54) is 0 Å². The molecule has 0 aromatic carbocycles. The molecular formula is C9H13N3OS. The molecule has 0 aliphatic carbocycles. The molecule has 2 heterocycles. The second-order valence-corrected chi connectivity index (χ2v) is 4.17. The fourth-order valence-corrected chi connectivity index (χ4v) is 2.22. The summed E-state index contributed by atoms with van der Waals surface area (Å²) in [4.78, 5) is 17.6. The number of hydrogen-bond acceptors (Lipinski definition) is 4. The third-order valence-corrected chi connectivity index (χ3v) is 3.20. The van der Waals surface area contributed by atoms with Crippen molar-refractivity contribution in [2.75, 3.05) is 18.9 Å². The van der Waals surface area contributed by atoms with Crippen LogP contribution in [0.4, 0.5) is 5.13 Å². The lowest BCUT2D eigenvalue weighted by Gasteiger charge is -2.12.